The highest BCUT2D eigenvalue weighted by atomic mass is 32.2. The Morgan fingerprint density at radius 1 is 1.05 bits per heavy atom. The molecule has 2 rings (SSSR count). The summed E-state index contributed by atoms with van der Waals surface area (Å²) in [7, 11) is -0.650. The minimum atomic E-state index is -3.60. The van der Waals surface area contributed by atoms with E-state index in [-0.39, 0.29) is 18.0 Å². The van der Waals surface area contributed by atoms with E-state index in [4.69, 9.17) is 9.47 Å². The maximum atomic E-state index is 12.6. The Bertz CT molecular complexity index is 609. The summed E-state index contributed by atoms with van der Waals surface area (Å²) >= 11 is 0. The molecule has 1 fully saturated rings. The highest BCUT2D eigenvalue weighted by molar-refractivity contribution is 7.89. The molecule has 1 amide bonds. The lowest BCUT2D eigenvalue weighted by atomic mass is 10.3. The number of hydrogen-bond donors (Lipinski definition) is 0. The summed E-state index contributed by atoms with van der Waals surface area (Å²) in [6, 6.07) is 4.50. The number of carbonyl (C=O) groups is 1. The molecule has 0 aromatic heterocycles. The van der Waals surface area contributed by atoms with E-state index in [9.17, 15) is 13.2 Å². The molecule has 1 aromatic rings. The topological polar surface area (TPSA) is 76.2 Å². The van der Waals surface area contributed by atoms with Gasteiger partial charge < -0.3 is 14.4 Å². The van der Waals surface area contributed by atoms with Gasteiger partial charge in [0.2, 0.25) is 16.4 Å². The first-order valence-corrected chi connectivity index (χ1v) is 7.88. The Balaban J connectivity index is 2.26. The fourth-order valence-corrected chi connectivity index (χ4v) is 3.61. The number of nitrogens with zero attached hydrogens (tertiary/aromatic N) is 2. The average Bonchev–Trinajstić information content (AvgIpc) is 2.54. The predicted molar refractivity (Wildman–Crippen MR) is 75.9 cm³/mol. The van der Waals surface area contributed by atoms with Gasteiger partial charge in [0.25, 0.3) is 0 Å². The Labute approximate surface area is 124 Å². The van der Waals surface area contributed by atoms with Crippen molar-refractivity contribution in [3.63, 3.8) is 0 Å². The molecule has 1 aliphatic heterocycles. The number of sulfonamides is 1. The average molecular weight is 314 g/mol. The third kappa shape index (κ3) is 3.11. The van der Waals surface area contributed by atoms with Gasteiger partial charge in [-0.3, -0.25) is 4.79 Å². The van der Waals surface area contributed by atoms with Gasteiger partial charge in [0, 0.05) is 32.2 Å². The van der Waals surface area contributed by atoms with Crippen LogP contribution < -0.4 is 9.47 Å². The van der Waals surface area contributed by atoms with Crippen molar-refractivity contribution in [3.8, 4) is 11.5 Å². The Kier molecular flexibility index (Phi) is 4.69. The molecular formula is C13H18N2O5S. The second kappa shape index (κ2) is 6.31. The molecule has 0 atom stereocenters. The zero-order chi connectivity index (χ0) is 15.5. The minimum absolute atomic E-state index is 0.153. The number of benzene rings is 1. The zero-order valence-electron chi connectivity index (χ0n) is 12.0. The van der Waals surface area contributed by atoms with Gasteiger partial charge in [0.05, 0.1) is 19.1 Å². The molecule has 1 aromatic carbocycles. The molecule has 116 valence electrons. The van der Waals surface area contributed by atoms with Crippen molar-refractivity contribution in [2.45, 2.75) is 4.90 Å². The van der Waals surface area contributed by atoms with Crippen molar-refractivity contribution < 1.29 is 22.7 Å². The highest BCUT2D eigenvalue weighted by Crippen LogP contribution is 2.30. The van der Waals surface area contributed by atoms with Crippen LogP contribution in [0.25, 0.3) is 0 Å². The molecule has 1 saturated heterocycles. The molecule has 0 aliphatic carbocycles. The maximum Gasteiger partial charge on any atom is 0.243 e. The van der Waals surface area contributed by atoms with E-state index in [1.807, 2.05) is 0 Å². The summed E-state index contributed by atoms with van der Waals surface area (Å²) in [4.78, 5) is 12.4. The van der Waals surface area contributed by atoms with Crippen molar-refractivity contribution in [1.29, 1.82) is 0 Å². The predicted octanol–water partition coefficient (Wildman–Crippen LogP) is 0.167. The fourth-order valence-electron chi connectivity index (χ4n) is 2.18. The van der Waals surface area contributed by atoms with Gasteiger partial charge in [-0.25, -0.2) is 8.42 Å². The van der Waals surface area contributed by atoms with Gasteiger partial charge in [0.15, 0.2) is 11.5 Å². The van der Waals surface area contributed by atoms with Crippen molar-refractivity contribution in [2.75, 3.05) is 40.4 Å². The minimum Gasteiger partial charge on any atom is -0.493 e. The Hall–Kier alpha value is -1.80. The second-order valence-electron chi connectivity index (χ2n) is 4.56. The molecule has 0 spiro atoms. The summed E-state index contributed by atoms with van der Waals surface area (Å²) < 4.78 is 36.7. The fraction of sp³-hybridized carbons (Fsp3) is 0.462. The molecule has 0 bridgehead atoms. The summed E-state index contributed by atoms with van der Waals surface area (Å²) in [6.45, 7) is 1.37. The maximum absolute atomic E-state index is 12.6. The lowest BCUT2D eigenvalue weighted by Gasteiger charge is -2.31. The van der Waals surface area contributed by atoms with Crippen LogP contribution in [-0.4, -0.2) is 64.4 Å². The molecular weight excluding hydrogens is 296 g/mol. The summed E-state index contributed by atoms with van der Waals surface area (Å²) in [5.74, 6) is 0.840. The van der Waals surface area contributed by atoms with Crippen LogP contribution in [0, 0.1) is 0 Å². The molecule has 21 heavy (non-hydrogen) atoms. The Morgan fingerprint density at radius 3 is 2.19 bits per heavy atom. The number of carbonyl (C=O) groups excluding carboxylic acids is 1. The molecule has 0 radical (unpaired) electrons. The van der Waals surface area contributed by atoms with Crippen LogP contribution in [0.5, 0.6) is 11.5 Å². The van der Waals surface area contributed by atoms with Crippen LogP contribution in [0.4, 0.5) is 0 Å². The van der Waals surface area contributed by atoms with Crippen molar-refractivity contribution in [2.24, 2.45) is 0 Å². The van der Waals surface area contributed by atoms with E-state index >= 15 is 0 Å². The first-order valence-electron chi connectivity index (χ1n) is 6.44. The lowest BCUT2D eigenvalue weighted by Crippen LogP contribution is -2.47. The molecule has 0 N–H and O–H groups in total. The largest absolute Gasteiger partial charge is 0.493 e. The lowest BCUT2D eigenvalue weighted by molar-refractivity contribution is -0.119. The number of piperazine rings is 1. The number of methoxy groups -OCH3 is 2. The van der Waals surface area contributed by atoms with E-state index in [2.05, 4.69) is 0 Å². The van der Waals surface area contributed by atoms with Crippen molar-refractivity contribution >= 4 is 16.4 Å². The van der Waals surface area contributed by atoms with Crippen LogP contribution in [0.2, 0.25) is 0 Å². The van der Waals surface area contributed by atoms with Gasteiger partial charge >= 0.3 is 0 Å². The van der Waals surface area contributed by atoms with E-state index in [1.54, 1.807) is 11.0 Å². The van der Waals surface area contributed by atoms with Crippen LogP contribution in [0.3, 0.4) is 0 Å². The molecule has 1 heterocycles. The van der Waals surface area contributed by atoms with Crippen LogP contribution in [0.1, 0.15) is 0 Å². The third-order valence-corrected chi connectivity index (χ3v) is 5.31. The summed E-state index contributed by atoms with van der Waals surface area (Å²) in [5.41, 5.74) is 0. The smallest absolute Gasteiger partial charge is 0.243 e. The summed E-state index contributed by atoms with van der Waals surface area (Å²) in [5, 5.41) is 0. The highest BCUT2D eigenvalue weighted by Gasteiger charge is 2.28. The molecule has 8 heteroatoms. The van der Waals surface area contributed by atoms with E-state index in [0.29, 0.717) is 24.6 Å². The van der Waals surface area contributed by atoms with Gasteiger partial charge in [0.1, 0.15) is 0 Å². The third-order valence-electron chi connectivity index (χ3n) is 3.42. The van der Waals surface area contributed by atoms with Gasteiger partial charge in [-0.05, 0) is 12.1 Å². The normalized spacial score (nSPS) is 16.6. The first kappa shape index (κ1) is 15.6. The molecule has 7 nitrogen and oxygen atoms in total. The first-order chi connectivity index (χ1) is 10.0. The van der Waals surface area contributed by atoms with Gasteiger partial charge in [-0.2, -0.15) is 4.31 Å². The van der Waals surface area contributed by atoms with Crippen molar-refractivity contribution in [3.05, 3.63) is 18.2 Å². The van der Waals surface area contributed by atoms with Crippen LogP contribution in [-0.2, 0) is 14.8 Å². The molecule has 0 saturated carbocycles. The Morgan fingerprint density at radius 2 is 1.67 bits per heavy atom. The number of amides is 1. The quantitative estimate of drug-likeness (QED) is 0.724. The zero-order valence-corrected chi connectivity index (χ0v) is 12.8. The summed E-state index contributed by atoms with van der Waals surface area (Å²) in [6.07, 6.45) is 0.736. The van der Waals surface area contributed by atoms with Gasteiger partial charge in [-0.1, -0.05) is 0 Å². The van der Waals surface area contributed by atoms with Gasteiger partial charge in [-0.15, -0.1) is 0 Å². The number of hydrogen-bond acceptors (Lipinski definition) is 5. The van der Waals surface area contributed by atoms with E-state index < -0.39 is 10.0 Å². The monoisotopic (exact) mass is 314 g/mol. The second-order valence-corrected chi connectivity index (χ2v) is 6.50. The number of rotatable bonds is 5. The number of ether oxygens (including phenoxy) is 2. The SMILES string of the molecule is COc1ccc(S(=O)(=O)N2CCN(C=O)CC2)cc1OC. The molecule has 1 aliphatic rings. The molecule has 0 unspecified atom stereocenters. The van der Waals surface area contributed by atoms with Crippen molar-refractivity contribution in [1.82, 2.24) is 9.21 Å². The van der Waals surface area contributed by atoms with E-state index in [0.717, 1.165) is 6.41 Å². The van der Waals surface area contributed by atoms with E-state index in [1.165, 1.54) is 30.7 Å². The van der Waals surface area contributed by atoms with Crippen LogP contribution in [0.15, 0.2) is 23.1 Å². The standard InChI is InChI=1S/C13H18N2O5S/c1-19-12-4-3-11(9-13(12)20-2)21(17,18)15-7-5-14(10-16)6-8-15/h3-4,9-10H,5-8H2,1-2H3. The van der Waals surface area contributed by atoms with Crippen LogP contribution >= 0.6 is 0 Å².